The summed E-state index contributed by atoms with van der Waals surface area (Å²) in [6.45, 7) is 4.17. The Morgan fingerprint density at radius 1 is 0.964 bits per heavy atom. The highest BCUT2D eigenvalue weighted by molar-refractivity contribution is 6.42. The average Bonchev–Trinajstić information content (AvgIpc) is 3.13. The molecule has 146 valence electrons. The van der Waals surface area contributed by atoms with E-state index in [1.807, 2.05) is 30.3 Å². The van der Waals surface area contributed by atoms with E-state index >= 15 is 0 Å². The van der Waals surface area contributed by atoms with Crippen LogP contribution in [0.5, 0.6) is 0 Å². The lowest BCUT2D eigenvalue weighted by atomic mass is 9.90. The van der Waals surface area contributed by atoms with Gasteiger partial charge in [-0.05, 0) is 36.6 Å². The fourth-order valence-electron chi connectivity index (χ4n) is 3.97. The van der Waals surface area contributed by atoms with Crippen LogP contribution in [0.3, 0.4) is 0 Å². The van der Waals surface area contributed by atoms with Gasteiger partial charge in [0.15, 0.2) is 6.10 Å². The molecule has 0 unspecified atom stereocenters. The molecule has 0 bridgehead atoms. The average molecular weight is 419 g/mol. The zero-order valence-electron chi connectivity index (χ0n) is 15.5. The maximum Gasteiger partial charge on any atom is 0.266 e. The molecule has 2 heterocycles. The van der Waals surface area contributed by atoms with Gasteiger partial charge in [-0.15, -0.1) is 0 Å². The van der Waals surface area contributed by atoms with Crippen molar-refractivity contribution < 1.29 is 14.4 Å². The van der Waals surface area contributed by atoms with E-state index in [0.29, 0.717) is 12.3 Å². The molecule has 2 fully saturated rings. The minimum Gasteiger partial charge on any atom is -0.273 e. The molecule has 2 aromatic carbocycles. The Labute approximate surface area is 173 Å². The van der Waals surface area contributed by atoms with Gasteiger partial charge in [0.05, 0.1) is 33.4 Å². The number of para-hydroxylation sites is 2. The molecule has 2 aromatic rings. The van der Waals surface area contributed by atoms with Crippen LogP contribution in [-0.4, -0.2) is 24.0 Å². The summed E-state index contributed by atoms with van der Waals surface area (Å²) in [6.07, 6.45) is -0.178. The molecule has 0 aliphatic carbocycles. The van der Waals surface area contributed by atoms with E-state index in [0.717, 1.165) is 10.6 Å². The Morgan fingerprint density at radius 3 is 2.21 bits per heavy atom. The molecule has 2 aliphatic rings. The van der Waals surface area contributed by atoms with Crippen LogP contribution >= 0.6 is 23.2 Å². The number of carbonyl (C=O) groups is 2. The molecule has 0 N–H and O–H groups in total. The van der Waals surface area contributed by atoms with Crippen LogP contribution in [0.1, 0.15) is 20.3 Å². The van der Waals surface area contributed by atoms with E-state index in [9.17, 15) is 9.59 Å². The quantitative estimate of drug-likeness (QED) is 0.674. The van der Waals surface area contributed by atoms with Gasteiger partial charge in [0.2, 0.25) is 5.91 Å². The normalized spacial score (nSPS) is 24.4. The first-order valence-corrected chi connectivity index (χ1v) is 9.98. The molecule has 0 saturated carbocycles. The summed E-state index contributed by atoms with van der Waals surface area (Å²) in [7, 11) is 0. The third-order valence-electron chi connectivity index (χ3n) is 5.12. The third-order valence-corrected chi connectivity index (χ3v) is 5.73. The molecular weight excluding hydrogens is 399 g/mol. The summed E-state index contributed by atoms with van der Waals surface area (Å²) in [5.74, 6) is -1.05. The maximum atomic E-state index is 13.4. The first-order valence-electron chi connectivity index (χ1n) is 9.23. The van der Waals surface area contributed by atoms with E-state index in [-0.39, 0.29) is 27.7 Å². The molecule has 2 saturated heterocycles. The van der Waals surface area contributed by atoms with Gasteiger partial charge in [-0.3, -0.25) is 14.4 Å². The Hall–Kier alpha value is -2.08. The maximum absolute atomic E-state index is 13.4. The van der Waals surface area contributed by atoms with Crippen LogP contribution in [0.15, 0.2) is 48.5 Å². The van der Waals surface area contributed by atoms with Crippen molar-refractivity contribution in [1.82, 2.24) is 0 Å². The summed E-state index contributed by atoms with van der Waals surface area (Å²) >= 11 is 12.5. The first kappa shape index (κ1) is 19.2. The number of hydroxylamine groups is 1. The van der Waals surface area contributed by atoms with Crippen molar-refractivity contribution >= 4 is 46.4 Å². The molecule has 2 amide bonds. The van der Waals surface area contributed by atoms with Crippen LogP contribution < -0.4 is 9.96 Å². The standard InChI is InChI=1S/C21H20Cl2N2O3/c1-12(2)11-16-17-19(28-25(16)13-7-4-3-5-8-13)21(27)24(20(17)26)18-14(22)9-6-10-15(18)23/h3-10,12,16-17,19H,11H2,1-2H3/t16-,17+,19-/m0/s1. The van der Waals surface area contributed by atoms with Crippen molar-refractivity contribution in [3.8, 4) is 0 Å². The van der Waals surface area contributed by atoms with Crippen LogP contribution in [0.2, 0.25) is 10.0 Å². The number of amides is 2. The van der Waals surface area contributed by atoms with E-state index in [1.54, 1.807) is 23.3 Å². The lowest BCUT2D eigenvalue weighted by molar-refractivity contribution is -0.126. The molecule has 5 nitrogen and oxygen atoms in total. The smallest absolute Gasteiger partial charge is 0.266 e. The number of halogens is 2. The summed E-state index contributed by atoms with van der Waals surface area (Å²) in [5.41, 5.74) is 1.05. The van der Waals surface area contributed by atoms with Crippen molar-refractivity contribution in [3.63, 3.8) is 0 Å². The largest absolute Gasteiger partial charge is 0.273 e. The van der Waals surface area contributed by atoms with E-state index in [2.05, 4.69) is 13.8 Å². The lowest BCUT2D eigenvalue weighted by Crippen LogP contribution is -2.41. The SMILES string of the molecule is CC(C)C[C@H]1[C@H]2C(=O)N(c3c(Cl)cccc3Cl)C(=O)[C@H]2ON1c1ccccc1. The van der Waals surface area contributed by atoms with Gasteiger partial charge in [0.25, 0.3) is 5.91 Å². The van der Waals surface area contributed by atoms with E-state index in [1.165, 1.54) is 0 Å². The minimum absolute atomic E-state index is 0.230. The van der Waals surface area contributed by atoms with Crippen molar-refractivity contribution in [3.05, 3.63) is 58.6 Å². The highest BCUT2D eigenvalue weighted by Gasteiger charge is 2.60. The van der Waals surface area contributed by atoms with Gasteiger partial charge in [0, 0.05) is 0 Å². The molecule has 0 aromatic heterocycles. The number of hydrogen-bond acceptors (Lipinski definition) is 4. The fourth-order valence-corrected chi connectivity index (χ4v) is 4.53. The highest BCUT2D eigenvalue weighted by atomic mass is 35.5. The van der Waals surface area contributed by atoms with Gasteiger partial charge >= 0.3 is 0 Å². The molecule has 3 atom stereocenters. The zero-order chi connectivity index (χ0) is 20.0. The second-order valence-electron chi connectivity index (χ2n) is 7.49. The molecule has 7 heteroatoms. The lowest BCUT2D eigenvalue weighted by Gasteiger charge is -2.29. The first-order chi connectivity index (χ1) is 13.4. The molecule has 2 aliphatic heterocycles. The predicted octanol–water partition coefficient (Wildman–Crippen LogP) is 4.72. The Morgan fingerprint density at radius 2 is 1.61 bits per heavy atom. The number of benzene rings is 2. The van der Waals surface area contributed by atoms with Gasteiger partial charge in [0.1, 0.15) is 0 Å². The van der Waals surface area contributed by atoms with Crippen molar-refractivity contribution in [2.75, 3.05) is 9.96 Å². The number of hydrogen-bond donors (Lipinski definition) is 0. The van der Waals surface area contributed by atoms with Crippen molar-refractivity contribution in [1.29, 1.82) is 0 Å². The topological polar surface area (TPSA) is 49.9 Å². The van der Waals surface area contributed by atoms with Crippen LogP contribution in [0, 0.1) is 11.8 Å². The second kappa shape index (κ2) is 7.39. The highest BCUT2D eigenvalue weighted by Crippen LogP contribution is 2.45. The van der Waals surface area contributed by atoms with Gasteiger partial charge in [-0.1, -0.05) is 61.3 Å². The van der Waals surface area contributed by atoms with Crippen LogP contribution in [-0.2, 0) is 14.4 Å². The molecule has 0 radical (unpaired) electrons. The van der Waals surface area contributed by atoms with E-state index < -0.39 is 17.9 Å². The number of carbonyl (C=O) groups excluding carboxylic acids is 2. The molecule has 4 rings (SSSR count). The van der Waals surface area contributed by atoms with Crippen LogP contribution in [0.4, 0.5) is 11.4 Å². The predicted molar refractivity (Wildman–Crippen MR) is 109 cm³/mol. The molecule has 28 heavy (non-hydrogen) atoms. The minimum atomic E-state index is -0.885. The Balaban J connectivity index is 1.73. The van der Waals surface area contributed by atoms with Gasteiger partial charge in [-0.2, -0.15) is 0 Å². The van der Waals surface area contributed by atoms with Crippen molar-refractivity contribution in [2.24, 2.45) is 11.8 Å². The Bertz CT molecular complexity index is 899. The fraction of sp³-hybridized carbons (Fsp3) is 0.333. The monoisotopic (exact) mass is 418 g/mol. The van der Waals surface area contributed by atoms with Gasteiger partial charge in [-0.25, -0.2) is 9.96 Å². The number of rotatable bonds is 4. The zero-order valence-corrected chi connectivity index (χ0v) is 17.0. The third kappa shape index (κ3) is 3.08. The van der Waals surface area contributed by atoms with E-state index in [4.69, 9.17) is 28.0 Å². The summed E-state index contributed by atoms with van der Waals surface area (Å²) in [5, 5.41) is 2.24. The van der Waals surface area contributed by atoms with Crippen LogP contribution in [0.25, 0.3) is 0 Å². The second-order valence-corrected chi connectivity index (χ2v) is 8.31. The summed E-state index contributed by atoms with van der Waals surface area (Å²) in [4.78, 5) is 33.6. The molecule has 0 spiro atoms. The summed E-state index contributed by atoms with van der Waals surface area (Å²) in [6, 6.07) is 14.2. The number of fused-ring (bicyclic) bond motifs is 1. The summed E-state index contributed by atoms with van der Waals surface area (Å²) < 4.78 is 0. The number of anilines is 2. The van der Waals surface area contributed by atoms with Crippen molar-refractivity contribution in [2.45, 2.75) is 32.4 Å². The molecular formula is C21H20Cl2N2O3. The Kier molecular flexibility index (Phi) is 5.08. The number of imide groups is 1. The number of nitrogens with zero attached hydrogens (tertiary/aromatic N) is 2. The van der Waals surface area contributed by atoms with Gasteiger partial charge < -0.3 is 0 Å².